The summed E-state index contributed by atoms with van der Waals surface area (Å²) in [7, 11) is 3.13. The molecule has 130 valence electrons. The van der Waals surface area contributed by atoms with Crippen molar-refractivity contribution in [1.29, 1.82) is 0 Å². The molecule has 2 aromatic carbocycles. The number of thioether (sulfide) groups is 1. The summed E-state index contributed by atoms with van der Waals surface area (Å²) in [4.78, 5) is 19.9. The van der Waals surface area contributed by atoms with Gasteiger partial charge in [0.05, 0.1) is 36.7 Å². The monoisotopic (exact) mass is 357 g/mol. The first-order valence-corrected chi connectivity index (χ1v) is 8.68. The lowest BCUT2D eigenvalue weighted by Gasteiger charge is -2.11. The van der Waals surface area contributed by atoms with Gasteiger partial charge >= 0.3 is 0 Å². The number of aromatic amines is 1. The summed E-state index contributed by atoms with van der Waals surface area (Å²) in [5, 5.41) is 3.56. The molecule has 0 saturated heterocycles. The first kappa shape index (κ1) is 17.2. The maximum atomic E-state index is 12.2. The number of H-pyrrole nitrogens is 1. The van der Waals surface area contributed by atoms with E-state index in [1.54, 1.807) is 32.4 Å². The predicted molar refractivity (Wildman–Crippen MR) is 99.7 cm³/mol. The van der Waals surface area contributed by atoms with E-state index in [2.05, 4.69) is 15.3 Å². The molecular formula is C18H19N3O3S. The summed E-state index contributed by atoms with van der Waals surface area (Å²) >= 11 is 1.36. The molecule has 7 heteroatoms. The van der Waals surface area contributed by atoms with Crippen LogP contribution in [-0.4, -0.2) is 35.8 Å². The highest BCUT2D eigenvalue weighted by atomic mass is 32.2. The Bertz CT molecular complexity index is 908. The van der Waals surface area contributed by atoms with Crippen molar-refractivity contribution in [2.24, 2.45) is 0 Å². The van der Waals surface area contributed by atoms with Crippen LogP contribution in [0.15, 0.2) is 41.6 Å². The summed E-state index contributed by atoms with van der Waals surface area (Å²) in [6.07, 6.45) is 0. The average Bonchev–Trinajstić information content (AvgIpc) is 3.02. The number of rotatable bonds is 6. The molecule has 0 aliphatic carbocycles. The fraction of sp³-hybridized carbons (Fsp3) is 0.222. The molecule has 3 rings (SSSR count). The van der Waals surface area contributed by atoms with E-state index in [9.17, 15) is 4.79 Å². The van der Waals surface area contributed by atoms with Gasteiger partial charge in [0.2, 0.25) is 5.91 Å². The lowest BCUT2D eigenvalue weighted by atomic mass is 10.2. The largest absolute Gasteiger partial charge is 0.497 e. The van der Waals surface area contributed by atoms with E-state index in [1.165, 1.54) is 11.8 Å². The van der Waals surface area contributed by atoms with Crippen molar-refractivity contribution in [1.82, 2.24) is 9.97 Å². The van der Waals surface area contributed by atoms with Gasteiger partial charge < -0.3 is 19.8 Å². The molecule has 0 radical (unpaired) electrons. The molecule has 1 amide bonds. The molecule has 0 fully saturated rings. The quantitative estimate of drug-likeness (QED) is 0.659. The van der Waals surface area contributed by atoms with Crippen LogP contribution in [0.4, 0.5) is 5.69 Å². The third-order valence-electron chi connectivity index (χ3n) is 3.64. The Kier molecular flexibility index (Phi) is 5.14. The molecule has 0 spiro atoms. The number of methoxy groups -OCH3 is 2. The van der Waals surface area contributed by atoms with Crippen LogP contribution in [0.3, 0.4) is 0 Å². The highest BCUT2D eigenvalue weighted by molar-refractivity contribution is 7.99. The van der Waals surface area contributed by atoms with E-state index in [0.717, 1.165) is 21.8 Å². The summed E-state index contributed by atoms with van der Waals surface area (Å²) in [6, 6.07) is 11.3. The minimum Gasteiger partial charge on any atom is -0.497 e. The molecule has 0 aliphatic heterocycles. The number of amides is 1. The van der Waals surface area contributed by atoms with Crippen molar-refractivity contribution in [2.75, 3.05) is 25.3 Å². The summed E-state index contributed by atoms with van der Waals surface area (Å²) < 4.78 is 10.4. The fourth-order valence-electron chi connectivity index (χ4n) is 2.39. The predicted octanol–water partition coefficient (Wildman–Crippen LogP) is 3.62. The second-order valence-corrected chi connectivity index (χ2v) is 6.43. The Morgan fingerprint density at radius 3 is 2.80 bits per heavy atom. The number of hydrogen-bond donors (Lipinski definition) is 2. The third kappa shape index (κ3) is 4.06. The van der Waals surface area contributed by atoms with Crippen molar-refractivity contribution in [3.05, 3.63) is 42.0 Å². The SMILES string of the molecule is COc1ccc(NC(=O)CSc2nc3ccc(C)cc3[nH]2)c(OC)c1. The minimum atomic E-state index is -0.134. The van der Waals surface area contributed by atoms with Crippen LogP contribution in [0.2, 0.25) is 0 Å². The summed E-state index contributed by atoms with van der Waals surface area (Å²) in [5.41, 5.74) is 3.64. The molecule has 3 aromatic rings. The molecule has 25 heavy (non-hydrogen) atoms. The Morgan fingerprint density at radius 1 is 1.20 bits per heavy atom. The maximum Gasteiger partial charge on any atom is 0.234 e. The smallest absolute Gasteiger partial charge is 0.234 e. The van der Waals surface area contributed by atoms with Crippen molar-refractivity contribution in [2.45, 2.75) is 12.1 Å². The van der Waals surface area contributed by atoms with E-state index in [-0.39, 0.29) is 11.7 Å². The van der Waals surface area contributed by atoms with E-state index < -0.39 is 0 Å². The zero-order valence-electron chi connectivity index (χ0n) is 14.3. The zero-order valence-corrected chi connectivity index (χ0v) is 15.1. The van der Waals surface area contributed by atoms with Gasteiger partial charge in [-0.3, -0.25) is 4.79 Å². The molecule has 0 bridgehead atoms. The van der Waals surface area contributed by atoms with E-state index in [4.69, 9.17) is 9.47 Å². The van der Waals surface area contributed by atoms with Gasteiger partial charge in [-0.1, -0.05) is 17.8 Å². The lowest BCUT2D eigenvalue weighted by Crippen LogP contribution is -2.14. The number of ether oxygens (including phenoxy) is 2. The third-order valence-corrected chi connectivity index (χ3v) is 4.51. The number of hydrogen-bond acceptors (Lipinski definition) is 5. The molecule has 6 nitrogen and oxygen atoms in total. The minimum absolute atomic E-state index is 0.134. The van der Waals surface area contributed by atoms with Crippen LogP contribution in [-0.2, 0) is 4.79 Å². The van der Waals surface area contributed by atoms with Crippen molar-refractivity contribution < 1.29 is 14.3 Å². The summed E-state index contributed by atoms with van der Waals surface area (Å²) in [5.74, 6) is 1.33. The Balaban J connectivity index is 1.64. The second kappa shape index (κ2) is 7.48. The van der Waals surface area contributed by atoms with Gasteiger partial charge in [-0.25, -0.2) is 4.98 Å². The molecule has 0 aliphatic rings. The molecule has 2 N–H and O–H groups in total. The molecule has 1 aromatic heterocycles. The number of nitrogens with zero attached hydrogens (tertiary/aromatic N) is 1. The Morgan fingerprint density at radius 2 is 2.04 bits per heavy atom. The van der Waals surface area contributed by atoms with Crippen LogP contribution in [0.5, 0.6) is 11.5 Å². The number of imidazole rings is 1. The average molecular weight is 357 g/mol. The van der Waals surface area contributed by atoms with Crippen molar-refractivity contribution in [3.8, 4) is 11.5 Å². The van der Waals surface area contributed by atoms with Crippen molar-refractivity contribution in [3.63, 3.8) is 0 Å². The highest BCUT2D eigenvalue weighted by Crippen LogP contribution is 2.29. The number of anilines is 1. The number of carbonyl (C=O) groups is 1. The van der Waals surface area contributed by atoms with Crippen LogP contribution in [0.1, 0.15) is 5.56 Å². The topological polar surface area (TPSA) is 76.2 Å². The first-order valence-electron chi connectivity index (χ1n) is 7.70. The maximum absolute atomic E-state index is 12.2. The number of carbonyl (C=O) groups excluding carboxylic acids is 1. The first-order chi connectivity index (χ1) is 12.1. The molecule has 0 atom stereocenters. The second-order valence-electron chi connectivity index (χ2n) is 5.47. The van der Waals surface area contributed by atoms with E-state index in [0.29, 0.717) is 17.2 Å². The van der Waals surface area contributed by atoms with Crippen molar-refractivity contribution >= 4 is 34.4 Å². The van der Waals surface area contributed by atoms with Gasteiger partial charge in [0.1, 0.15) is 11.5 Å². The number of benzene rings is 2. The zero-order chi connectivity index (χ0) is 17.8. The van der Waals surface area contributed by atoms with Crippen LogP contribution in [0.25, 0.3) is 11.0 Å². The number of aromatic nitrogens is 2. The summed E-state index contributed by atoms with van der Waals surface area (Å²) in [6.45, 7) is 2.03. The van der Waals surface area contributed by atoms with Gasteiger partial charge in [-0.05, 0) is 36.8 Å². The Labute approximate surface area is 149 Å². The number of fused-ring (bicyclic) bond motifs is 1. The van der Waals surface area contributed by atoms with Gasteiger partial charge in [0, 0.05) is 6.07 Å². The molecule has 1 heterocycles. The molecular weight excluding hydrogens is 338 g/mol. The van der Waals surface area contributed by atoms with Crippen LogP contribution >= 0.6 is 11.8 Å². The van der Waals surface area contributed by atoms with E-state index >= 15 is 0 Å². The normalized spacial score (nSPS) is 10.7. The van der Waals surface area contributed by atoms with Gasteiger partial charge in [-0.15, -0.1) is 0 Å². The molecule has 0 saturated carbocycles. The van der Waals surface area contributed by atoms with Gasteiger partial charge in [-0.2, -0.15) is 0 Å². The Hall–Kier alpha value is -2.67. The standard InChI is InChI=1S/C18H19N3O3S/c1-11-4-6-13-15(8-11)21-18(20-13)25-10-17(22)19-14-7-5-12(23-2)9-16(14)24-3/h4-9H,10H2,1-3H3,(H,19,22)(H,20,21). The fourth-order valence-corrected chi connectivity index (χ4v) is 3.08. The van der Waals surface area contributed by atoms with Gasteiger partial charge in [0.15, 0.2) is 5.16 Å². The number of aryl methyl sites for hydroxylation is 1. The van der Waals surface area contributed by atoms with Gasteiger partial charge in [0.25, 0.3) is 0 Å². The van der Waals surface area contributed by atoms with E-state index in [1.807, 2.05) is 25.1 Å². The van der Waals surface area contributed by atoms with Crippen LogP contribution in [0, 0.1) is 6.92 Å². The highest BCUT2D eigenvalue weighted by Gasteiger charge is 2.11. The molecule has 0 unspecified atom stereocenters. The van der Waals surface area contributed by atoms with Crippen LogP contribution < -0.4 is 14.8 Å². The lowest BCUT2D eigenvalue weighted by molar-refractivity contribution is -0.113. The number of nitrogens with one attached hydrogen (secondary N) is 2.